The Morgan fingerprint density at radius 1 is 0.375 bits per heavy atom. The van der Waals surface area contributed by atoms with E-state index in [1.165, 1.54) is 96.3 Å². The molecule has 37 nitrogen and oxygen atoms in total. The van der Waals surface area contributed by atoms with Crippen LogP contribution in [-0.2, 0) is 0 Å². The Balaban J connectivity index is 0.000000108. The summed E-state index contributed by atoms with van der Waals surface area (Å²) in [6.07, 6.45) is 37.6. The van der Waals surface area contributed by atoms with Gasteiger partial charge in [0.05, 0.1) is 39.7 Å². The molecule has 10 bridgehead atoms. The first kappa shape index (κ1) is 87.4. The van der Waals surface area contributed by atoms with Crippen LogP contribution in [0.4, 0.5) is 34.1 Å². The largest absolute Gasteiger partial charge is 0.390 e. The third-order valence-corrected chi connectivity index (χ3v) is 29.6. The van der Waals surface area contributed by atoms with Crippen molar-refractivity contribution >= 4 is 136 Å². The van der Waals surface area contributed by atoms with Crippen molar-refractivity contribution in [1.29, 1.82) is 0 Å². The zero-order chi connectivity index (χ0) is 90.0. The van der Waals surface area contributed by atoms with Crippen LogP contribution in [0.1, 0.15) is 266 Å². The lowest BCUT2D eigenvalue weighted by molar-refractivity contribution is -0.160. The van der Waals surface area contributed by atoms with Crippen molar-refractivity contribution in [2.24, 2.45) is 98.0 Å². The fraction of sp³-hybridized carbons (Fsp3) is 0.538. The van der Waals surface area contributed by atoms with E-state index >= 15 is 0 Å². The average Bonchev–Trinajstić information content (AvgIpc) is 0.798. The molecule has 12 fully saturated rings. The fourth-order valence-electron chi connectivity index (χ4n) is 24.3. The minimum atomic E-state index is -0.605. The topological polar surface area (TPSA) is 600 Å². The number of hydrogen-bond donors (Lipinski definition) is 19. The molecule has 0 aliphatic heterocycles. The monoisotopic (exact) mass is 1740 g/mol. The summed E-state index contributed by atoms with van der Waals surface area (Å²) in [5, 5.41) is 85.3. The number of aliphatic hydroxyl groups is 1. The second-order valence-corrected chi connectivity index (χ2v) is 40.0. The van der Waals surface area contributed by atoms with Crippen molar-refractivity contribution in [3.63, 3.8) is 0 Å². The number of carbonyl (C=O) groups is 6. The normalized spacial score (nSPS) is 28.6. The highest BCUT2D eigenvalue weighted by Crippen LogP contribution is 2.65. The van der Waals surface area contributed by atoms with Gasteiger partial charge in [-0.2, -0.15) is 0 Å². The van der Waals surface area contributed by atoms with Crippen LogP contribution in [-0.4, -0.2) is 173 Å². The highest BCUT2D eigenvalue weighted by molar-refractivity contribution is 6.09. The van der Waals surface area contributed by atoms with Gasteiger partial charge in [-0.3, -0.25) is 28.8 Å². The number of primary amides is 6. The number of H-pyrrole nitrogens is 6. The summed E-state index contributed by atoms with van der Waals surface area (Å²) < 4.78 is 0. The van der Waals surface area contributed by atoms with Gasteiger partial charge < -0.3 is 101 Å². The highest BCUT2D eigenvalue weighted by atomic mass is 16.3. The quantitative estimate of drug-likeness (QED) is 0.0357. The molecule has 12 heterocycles. The number of rotatable bonds is 19. The van der Waals surface area contributed by atoms with Crippen LogP contribution in [0.15, 0.2) is 73.6 Å². The molecular weight excluding hydrogens is 1630 g/mol. The minimum Gasteiger partial charge on any atom is -0.390 e. The number of anilines is 6. The van der Waals surface area contributed by atoms with E-state index in [4.69, 9.17) is 34.4 Å². The molecule has 12 aromatic heterocycles. The van der Waals surface area contributed by atoms with Crippen molar-refractivity contribution in [3.8, 4) is 0 Å². The second kappa shape index (κ2) is 34.8. The number of carbonyl (C=O) groups excluding carboxylic acids is 6. The first-order valence-corrected chi connectivity index (χ1v) is 45.4. The maximum Gasteiger partial charge on any atom is 0.271 e. The van der Waals surface area contributed by atoms with E-state index in [-0.39, 0.29) is 51.2 Å². The van der Waals surface area contributed by atoms with Crippen LogP contribution in [0.3, 0.4) is 0 Å². The molecule has 6 amide bonds. The van der Waals surface area contributed by atoms with Gasteiger partial charge in [0.2, 0.25) is 0 Å². The Morgan fingerprint density at radius 2 is 0.727 bits per heavy atom. The molecule has 12 aliphatic rings. The number of nitrogens with zero attached hydrogens (tertiary/aromatic N) is 12. The average molecular weight is 1750 g/mol. The molecule has 17 atom stereocenters. The molecule has 12 saturated carbocycles. The molecule has 0 spiro atoms. The van der Waals surface area contributed by atoms with Gasteiger partial charge in [-0.1, -0.05) is 74.1 Å². The van der Waals surface area contributed by atoms with Crippen LogP contribution >= 0.6 is 0 Å². The number of aromatic amines is 6. The van der Waals surface area contributed by atoms with Gasteiger partial charge in [-0.05, 0) is 229 Å². The van der Waals surface area contributed by atoms with Gasteiger partial charge in [0.25, 0.3) is 35.4 Å². The summed E-state index contributed by atoms with van der Waals surface area (Å²) >= 11 is 0. The lowest BCUT2D eigenvalue weighted by Crippen LogP contribution is -2.65. The van der Waals surface area contributed by atoms with E-state index in [1.807, 2.05) is 49.5 Å². The van der Waals surface area contributed by atoms with E-state index < -0.39 is 41.0 Å². The third kappa shape index (κ3) is 17.7. The Bertz CT molecular complexity index is 6040. The first-order valence-electron chi connectivity index (χ1n) is 45.4. The molecule has 24 rings (SSSR count). The Kier molecular flexibility index (Phi) is 23.8. The highest BCUT2D eigenvalue weighted by Gasteiger charge is 2.62. The lowest BCUT2D eigenvalue weighted by Gasteiger charge is -2.64. The lowest BCUT2D eigenvalue weighted by atomic mass is 9.46. The molecular formula is C91H120N30O7. The van der Waals surface area contributed by atoms with Gasteiger partial charge >= 0.3 is 0 Å². The van der Waals surface area contributed by atoms with E-state index in [1.54, 1.807) is 31.0 Å². The molecule has 0 saturated heterocycles. The SMILES string of the molecule is CC(C)C(C)Nc1c(C(N)=O)nnc2[nH]ccc12.CC12CC3C[C@H](C1)C(Nc1c(C(N)=O)nnc4[nH]ccc14)[C@@H](C3)C2.C[C@@H]1CCCC[C@@H]1Nc1c(C(N)=O)nnc2[nH]ccc12.C[C@@]12C[C@H]3CC(O)(C1)C[C@@](Nc1c(C(N)=O)nnc4[nH]ccc14)(C3)C2.C[C@H]1CCCC[C@H]1Nc1c(C(N)=O)nnc2[nH]ccc12.C[C@]12CC[C@H](C1)[C@H](Nc1c(C(N)=O)nnc3[nH]ccc13)C2. The van der Waals surface area contributed by atoms with Crippen molar-refractivity contribution in [2.45, 2.75) is 244 Å². The molecule has 0 radical (unpaired) electrons. The standard InChI is InChI=1S/C18H23N5O2.C18H23N5O.C15H19N5O.2C14H19N5O.C12H17N5O/c1-16-4-10-5-17(7-16,9-18(25,6-10)8-16)21-12-11-2-3-20-15(11)23-22-13(12)14(19)24;1-18-6-9-4-10(7-18)13(11(5-9)8-18)21-14-12-2-3-20-17(12)23-22-15(14)16(19)24;1-15-4-2-8(6-15)10(7-15)18-11-9-3-5-17-14(9)20-19-12(11)13(16)21;2*1-8-4-2-3-5-10(8)17-11-9-6-7-16-14(9)19-18-12(11)13(15)20;1-6(2)7(3)15-9-8-4-5-14-12(8)17-16-10(9)11(13)18/h2-3,10,25H,4-9H2,1H3,(H2,19,24)(H2,20,21,23);2-3,9-11,13H,4-8H2,1H3,(H2,19,24)(H2,20,21,23);3,5,8,10H,2,4,6-7H2,1H3,(H2,16,21)(H2,17,18,20);2*6-8,10H,2-5H2,1H3,(H2,15,20)(H2,16,17,19);4-7H,1-3H3,(H2,13,18)(H2,14,15,17)/t10-,16+,17-,18?;9?,10-,11+,13?,18?;8-,10-,15+;2*8-,10+;/m1.110./s1. The third-order valence-electron chi connectivity index (χ3n) is 29.6. The summed E-state index contributed by atoms with van der Waals surface area (Å²) in [6, 6.07) is 13.1. The molecule has 128 heavy (non-hydrogen) atoms. The van der Waals surface area contributed by atoms with Crippen LogP contribution in [0.2, 0.25) is 0 Å². The van der Waals surface area contributed by atoms with Gasteiger partial charge in [0.15, 0.2) is 68.0 Å². The van der Waals surface area contributed by atoms with Gasteiger partial charge in [0, 0.05) is 105 Å². The predicted octanol–water partition coefficient (Wildman–Crippen LogP) is 12.3. The summed E-state index contributed by atoms with van der Waals surface area (Å²) in [6.45, 7) is 17.8. The summed E-state index contributed by atoms with van der Waals surface area (Å²) in [7, 11) is 0. The van der Waals surface area contributed by atoms with E-state index in [9.17, 15) is 33.9 Å². The first-order chi connectivity index (χ1) is 61.2. The van der Waals surface area contributed by atoms with Crippen LogP contribution in [0, 0.1) is 63.6 Å². The minimum absolute atomic E-state index is 0.145. The van der Waals surface area contributed by atoms with Crippen LogP contribution in [0.5, 0.6) is 0 Å². The van der Waals surface area contributed by atoms with E-state index in [0.29, 0.717) is 139 Å². The Hall–Kier alpha value is -12.7. The molecule has 25 N–H and O–H groups in total. The second-order valence-electron chi connectivity index (χ2n) is 40.0. The molecule has 12 aromatic rings. The van der Waals surface area contributed by atoms with Crippen molar-refractivity contribution in [3.05, 3.63) is 108 Å². The predicted molar refractivity (Wildman–Crippen MR) is 490 cm³/mol. The molecule has 676 valence electrons. The van der Waals surface area contributed by atoms with Crippen molar-refractivity contribution in [1.82, 2.24) is 91.1 Å². The zero-order valence-electron chi connectivity index (χ0n) is 73.9. The smallest absolute Gasteiger partial charge is 0.271 e. The van der Waals surface area contributed by atoms with E-state index in [0.717, 1.165) is 94.6 Å². The molecule has 5 unspecified atom stereocenters. The Morgan fingerprint density at radius 3 is 1.08 bits per heavy atom. The molecule has 37 heteroatoms. The number of fused-ring (bicyclic) bond motifs is 8. The van der Waals surface area contributed by atoms with Crippen molar-refractivity contribution < 1.29 is 33.9 Å². The summed E-state index contributed by atoms with van der Waals surface area (Å²) in [5.74, 6) is 1.70. The van der Waals surface area contributed by atoms with Gasteiger partial charge in [-0.15, -0.1) is 61.2 Å². The summed E-state index contributed by atoms with van der Waals surface area (Å²) in [4.78, 5) is 88.1. The number of amides is 6. The fourth-order valence-corrected chi connectivity index (χ4v) is 24.3. The number of aromatic nitrogens is 18. The maximum atomic E-state index is 11.9. The van der Waals surface area contributed by atoms with Gasteiger partial charge in [0.1, 0.15) is 0 Å². The van der Waals surface area contributed by atoms with Crippen LogP contribution in [0.25, 0.3) is 66.2 Å². The summed E-state index contributed by atoms with van der Waals surface area (Å²) in [5.41, 5.74) is 42.5. The van der Waals surface area contributed by atoms with Gasteiger partial charge in [-0.25, -0.2) is 0 Å². The Labute approximate surface area is 739 Å². The molecule has 0 aromatic carbocycles. The van der Waals surface area contributed by atoms with E-state index in [2.05, 4.69) is 171 Å². The molecule has 12 aliphatic carbocycles. The van der Waals surface area contributed by atoms with Crippen molar-refractivity contribution in [2.75, 3.05) is 31.9 Å². The number of hydrogen-bond acceptors (Lipinski definition) is 25. The number of nitrogens with one attached hydrogen (secondary N) is 12. The number of nitrogens with two attached hydrogens (primary N) is 6. The zero-order valence-corrected chi connectivity index (χ0v) is 73.9. The maximum absolute atomic E-state index is 11.9. The van der Waals surface area contributed by atoms with Crippen LogP contribution < -0.4 is 66.3 Å².